The normalized spacial score (nSPS) is 15.8. The summed E-state index contributed by atoms with van der Waals surface area (Å²) in [5.41, 5.74) is 4.53. The van der Waals surface area contributed by atoms with Gasteiger partial charge in [-0.15, -0.1) is 0 Å². The van der Waals surface area contributed by atoms with Crippen molar-refractivity contribution >= 4 is 29.3 Å². The standard InChI is InChI=1S/C23H27N3O4/c1-4-30-21(27)14-17-6-8-18(9-7-17)24-23(29)25-20-11-12-26(22(20)28)19-10-5-15(2)16(3)13-19/h5-10,13,20H,4,11-12,14H2,1-3H3,(H2,24,25,29). The molecule has 2 N–H and O–H groups in total. The maximum absolute atomic E-state index is 12.7. The molecule has 1 aliphatic rings. The molecular weight excluding hydrogens is 382 g/mol. The fourth-order valence-electron chi connectivity index (χ4n) is 3.37. The molecule has 30 heavy (non-hydrogen) atoms. The second-order valence-corrected chi connectivity index (χ2v) is 7.38. The minimum absolute atomic E-state index is 0.113. The van der Waals surface area contributed by atoms with Gasteiger partial charge in [0.05, 0.1) is 13.0 Å². The van der Waals surface area contributed by atoms with Gasteiger partial charge in [-0.3, -0.25) is 9.59 Å². The molecule has 1 heterocycles. The van der Waals surface area contributed by atoms with E-state index in [-0.39, 0.29) is 18.3 Å². The van der Waals surface area contributed by atoms with Gasteiger partial charge in [0.2, 0.25) is 5.91 Å². The minimum atomic E-state index is -0.560. The molecule has 0 aromatic heterocycles. The molecule has 0 saturated carbocycles. The van der Waals surface area contributed by atoms with Crippen molar-refractivity contribution < 1.29 is 19.1 Å². The Morgan fingerprint density at radius 1 is 1.10 bits per heavy atom. The van der Waals surface area contributed by atoms with E-state index < -0.39 is 12.1 Å². The zero-order chi connectivity index (χ0) is 21.7. The first kappa shape index (κ1) is 21.4. The topological polar surface area (TPSA) is 87.7 Å². The average molecular weight is 409 g/mol. The molecule has 3 rings (SSSR count). The molecule has 2 aromatic carbocycles. The fraction of sp³-hybridized carbons (Fsp3) is 0.348. The molecule has 0 radical (unpaired) electrons. The van der Waals surface area contributed by atoms with Crippen LogP contribution in [0.5, 0.6) is 0 Å². The lowest BCUT2D eigenvalue weighted by Crippen LogP contribution is -2.43. The molecule has 7 heteroatoms. The van der Waals surface area contributed by atoms with Crippen molar-refractivity contribution in [2.45, 2.75) is 39.7 Å². The molecular formula is C23H27N3O4. The molecule has 0 spiro atoms. The third-order valence-corrected chi connectivity index (χ3v) is 5.18. The summed E-state index contributed by atoms with van der Waals surface area (Å²) in [6, 6.07) is 11.9. The number of esters is 1. The number of rotatable bonds is 6. The predicted octanol–water partition coefficient (Wildman–Crippen LogP) is 3.34. The lowest BCUT2D eigenvalue weighted by molar-refractivity contribution is -0.142. The Labute approximate surface area is 176 Å². The molecule has 1 aliphatic heterocycles. The van der Waals surface area contributed by atoms with E-state index in [9.17, 15) is 14.4 Å². The van der Waals surface area contributed by atoms with Gasteiger partial charge < -0.3 is 20.3 Å². The summed E-state index contributed by atoms with van der Waals surface area (Å²) in [6.45, 7) is 6.72. The summed E-state index contributed by atoms with van der Waals surface area (Å²) in [4.78, 5) is 38.3. The number of nitrogens with one attached hydrogen (secondary N) is 2. The molecule has 1 unspecified atom stereocenters. The highest BCUT2D eigenvalue weighted by Gasteiger charge is 2.33. The molecule has 0 aliphatic carbocycles. The monoisotopic (exact) mass is 409 g/mol. The van der Waals surface area contributed by atoms with Crippen LogP contribution in [0.4, 0.5) is 16.2 Å². The van der Waals surface area contributed by atoms with E-state index in [1.165, 1.54) is 5.56 Å². The van der Waals surface area contributed by atoms with Crippen molar-refractivity contribution in [3.63, 3.8) is 0 Å². The van der Waals surface area contributed by atoms with Crippen molar-refractivity contribution in [3.8, 4) is 0 Å². The Morgan fingerprint density at radius 3 is 2.50 bits per heavy atom. The van der Waals surface area contributed by atoms with Crippen molar-refractivity contribution in [2.75, 3.05) is 23.4 Å². The van der Waals surface area contributed by atoms with E-state index in [1.54, 1.807) is 36.1 Å². The molecule has 3 amide bonds. The zero-order valence-electron chi connectivity index (χ0n) is 17.5. The maximum Gasteiger partial charge on any atom is 0.319 e. The van der Waals surface area contributed by atoms with Crippen LogP contribution in [-0.2, 0) is 20.7 Å². The number of amides is 3. The smallest absolute Gasteiger partial charge is 0.319 e. The summed E-state index contributed by atoms with van der Waals surface area (Å²) < 4.78 is 4.92. The van der Waals surface area contributed by atoms with Gasteiger partial charge in [-0.25, -0.2) is 4.79 Å². The summed E-state index contributed by atoms with van der Waals surface area (Å²) in [6.07, 6.45) is 0.739. The molecule has 1 saturated heterocycles. The highest BCUT2D eigenvalue weighted by molar-refractivity contribution is 6.02. The van der Waals surface area contributed by atoms with Crippen molar-refractivity contribution in [2.24, 2.45) is 0 Å². The first-order valence-corrected chi connectivity index (χ1v) is 10.1. The second kappa shape index (κ2) is 9.43. The minimum Gasteiger partial charge on any atom is -0.466 e. The summed E-state index contributed by atoms with van der Waals surface area (Å²) in [5.74, 6) is -0.401. The summed E-state index contributed by atoms with van der Waals surface area (Å²) in [5, 5.41) is 5.48. The Bertz CT molecular complexity index is 940. The van der Waals surface area contributed by atoms with Crippen molar-refractivity contribution in [1.82, 2.24) is 5.32 Å². The maximum atomic E-state index is 12.7. The lowest BCUT2D eigenvalue weighted by atomic mass is 10.1. The van der Waals surface area contributed by atoms with Gasteiger partial charge in [-0.05, 0) is 68.1 Å². The first-order chi connectivity index (χ1) is 14.4. The molecule has 0 bridgehead atoms. The van der Waals surface area contributed by atoms with E-state index >= 15 is 0 Å². The number of aryl methyl sites for hydroxylation is 2. The Balaban J connectivity index is 1.54. The number of anilines is 2. The number of hydrogen-bond acceptors (Lipinski definition) is 4. The number of hydrogen-bond donors (Lipinski definition) is 2. The third kappa shape index (κ3) is 5.17. The van der Waals surface area contributed by atoms with Gasteiger partial charge in [-0.2, -0.15) is 0 Å². The van der Waals surface area contributed by atoms with Gasteiger partial charge >= 0.3 is 12.0 Å². The van der Waals surface area contributed by atoms with E-state index in [2.05, 4.69) is 10.6 Å². The summed E-state index contributed by atoms with van der Waals surface area (Å²) >= 11 is 0. The predicted molar refractivity (Wildman–Crippen MR) is 116 cm³/mol. The molecule has 7 nitrogen and oxygen atoms in total. The third-order valence-electron chi connectivity index (χ3n) is 5.18. The van der Waals surface area contributed by atoms with Crippen LogP contribution < -0.4 is 15.5 Å². The van der Waals surface area contributed by atoms with Crippen LogP contribution in [0.2, 0.25) is 0 Å². The van der Waals surface area contributed by atoms with E-state index in [1.807, 2.05) is 32.0 Å². The van der Waals surface area contributed by atoms with Crippen LogP contribution >= 0.6 is 0 Å². The number of ether oxygens (including phenoxy) is 1. The highest BCUT2D eigenvalue weighted by Crippen LogP contribution is 2.24. The Kier molecular flexibility index (Phi) is 6.72. The zero-order valence-corrected chi connectivity index (χ0v) is 17.5. The van der Waals surface area contributed by atoms with Crippen LogP contribution in [-0.4, -0.2) is 37.1 Å². The second-order valence-electron chi connectivity index (χ2n) is 7.38. The van der Waals surface area contributed by atoms with E-state index in [0.29, 0.717) is 25.3 Å². The van der Waals surface area contributed by atoms with Gasteiger partial charge in [0, 0.05) is 17.9 Å². The lowest BCUT2D eigenvalue weighted by Gasteiger charge is -2.18. The van der Waals surface area contributed by atoms with E-state index in [4.69, 9.17) is 4.74 Å². The van der Waals surface area contributed by atoms with Crippen LogP contribution in [0.3, 0.4) is 0 Å². The van der Waals surface area contributed by atoms with Gasteiger partial charge in [0.15, 0.2) is 0 Å². The Morgan fingerprint density at radius 2 is 1.83 bits per heavy atom. The Hall–Kier alpha value is -3.35. The molecule has 158 valence electrons. The largest absolute Gasteiger partial charge is 0.466 e. The summed E-state index contributed by atoms with van der Waals surface area (Å²) in [7, 11) is 0. The number of benzene rings is 2. The molecule has 1 fully saturated rings. The molecule has 2 aromatic rings. The van der Waals surface area contributed by atoms with Crippen LogP contribution in [0, 0.1) is 13.8 Å². The van der Waals surface area contributed by atoms with Crippen molar-refractivity contribution in [1.29, 1.82) is 0 Å². The van der Waals surface area contributed by atoms with Crippen molar-refractivity contribution in [3.05, 3.63) is 59.2 Å². The molecule has 1 atom stereocenters. The quantitative estimate of drug-likeness (QED) is 0.717. The van der Waals surface area contributed by atoms with Gasteiger partial charge in [0.25, 0.3) is 0 Å². The SMILES string of the molecule is CCOC(=O)Cc1ccc(NC(=O)NC2CCN(c3ccc(C)c(C)c3)C2=O)cc1. The van der Waals surface area contributed by atoms with Crippen LogP contribution in [0.1, 0.15) is 30.0 Å². The number of nitrogens with zero attached hydrogens (tertiary/aromatic N) is 1. The number of carbonyl (C=O) groups excluding carboxylic acids is 3. The van der Waals surface area contributed by atoms with E-state index in [0.717, 1.165) is 16.8 Å². The number of carbonyl (C=O) groups is 3. The van der Waals surface area contributed by atoms with Gasteiger partial charge in [-0.1, -0.05) is 18.2 Å². The average Bonchev–Trinajstić information content (AvgIpc) is 3.06. The fourth-order valence-corrected chi connectivity index (χ4v) is 3.37. The highest BCUT2D eigenvalue weighted by atomic mass is 16.5. The first-order valence-electron chi connectivity index (χ1n) is 10.1. The van der Waals surface area contributed by atoms with Gasteiger partial charge in [0.1, 0.15) is 6.04 Å². The van der Waals surface area contributed by atoms with Crippen LogP contribution in [0.25, 0.3) is 0 Å². The number of urea groups is 1. The van der Waals surface area contributed by atoms with Crippen LogP contribution in [0.15, 0.2) is 42.5 Å².